The van der Waals surface area contributed by atoms with Crippen LogP contribution in [-0.4, -0.2) is 18.2 Å². The Labute approximate surface area is 88.2 Å². The number of carbonyl (C=O) groups is 1. The van der Waals surface area contributed by atoms with E-state index in [9.17, 15) is 4.79 Å². The molecular formula is C11H13NO3. The Morgan fingerprint density at radius 3 is 2.67 bits per heavy atom. The number of nitrogens with one attached hydrogen (secondary N) is 1. The van der Waals surface area contributed by atoms with Crippen LogP contribution in [0.15, 0.2) is 36.5 Å². The molecule has 0 aliphatic heterocycles. The first kappa shape index (κ1) is 11.1. The van der Waals surface area contributed by atoms with E-state index >= 15 is 0 Å². The summed E-state index contributed by atoms with van der Waals surface area (Å²) in [4.78, 5) is 10.2. The molecule has 0 radical (unpaired) electrons. The lowest BCUT2D eigenvalue weighted by atomic mass is 10.2. The van der Waals surface area contributed by atoms with Crippen LogP contribution in [0.2, 0.25) is 0 Å². The number of hydrogen-bond acceptors (Lipinski definition) is 3. The molecule has 80 valence electrons. The molecule has 0 bridgehead atoms. The van der Waals surface area contributed by atoms with E-state index in [1.807, 2.05) is 24.3 Å². The molecule has 2 N–H and O–H groups in total. The fourth-order valence-corrected chi connectivity index (χ4v) is 1.05. The molecule has 1 aromatic carbocycles. The Morgan fingerprint density at radius 2 is 2.13 bits per heavy atom. The molecule has 0 fully saturated rings. The summed E-state index contributed by atoms with van der Waals surface area (Å²) in [7, 11) is 1.61. The van der Waals surface area contributed by atoms with Crippen molar-refractivity contribution in [1.82, 2.24) is 5.32 Å². The third-order valence-corrected chi connectivity index (χ3v) is 1.81. The van der Waals surface area contributed by atoms with Gasteiger partial charge < -0.3 is 15.2 Å². The summed E-state index contributed by atoms with van der Waals surface area (Å²) < 4.78 is 5.01. The van der Waals surface area contributed by atoms with Crippen LogP contribution < -0.4 is 10.1 Å². The summed E-state index contributed by atoms with van der Waals surface area (Å²) in [6.07, 6.45) is 2.47. The van der Waals surface area contributed by atoms with E-state index < -0.39 is 5.97 Å². The van der Waals surface area contributed by atoms with Crippen molar-refractivity contribution in [2.45, 2.75) is 6.54 Å². The van der Waals surface area contributed by atoms with E-state index in [1.54, 1.807) is 7.11 Å². The van der Waals surface area contributed by atoms with Gasteiger partial charge in [-0.2, -0.15) is 0 Å². The average Bonchev–Trinajstić information content (AvgIpc) is 2.25. The molecular weight excluding hydrogens is 194 g/mol. The van der Waals surface area contributed by atoms with E-state index in [0.29, 0.717) is 6.54 Å². The van der Waals surface area contributed by atoms with Crippen LogP contribution in [0.4, 0.5) is 0 Å². The van der Waals surface area contributed by atoms with Crippen LogP contribution in [0.5, 0.6) is 5.75 Å². The van der Waals surface area contributed by atoms with Crippen molar-refractivity contribution in [3.05, 3.63) is 42.1 Å². The lowest BCUT2D eigenvalue weighted by Crippen LogP contribution is -2.05. The molecule has 1 rings (SSSR count). The van der Waals surface area contributed by atoms with E-state index in [1.165, 1.54) is 6.20 Å². The first-order valence-corrected chi connectivity index (χ1v) is 4.48. The molecule has 0 unspecified atom stereocenters. The van der Waals surface area contributed by atoms with Crippen LogP contribution in [-0.2, 0) is 11.3 Å². The molecule has 0 aromatic heterocycles. The van der Waals surface area contributed by atoms with Gasteiger partial charge in [0.1, 0.15) is 5.75 Å². The molecule has 0 saturated carbocycles. The zero-order valence-electron chi connectivity index (χ0n) is 8.43. The number of hydrogen-bond donors (Lipinski definition) is 2. The summed E-state index contributed by atoms with van der Waals surface area (Å²) in [6.45, 7) is 0.591. The van der Waals surface area contributed by atoms with Gasteiger partial charge in [-0.25, -0.2) is 4.79 Å². The zero-order chi connectivity index (χ0) is 11.1. The molecule has 4 heteroatoms. The number of ether oxygens (including phenoxy) is 1. The monoisotopic (exact) mass is 207 g/mol. The fourth-order valence-electron chi connectivity index (χ4n) is 1.05. The molecule has 15 heavy (non-hydrogen) atoms. The normalized spacial score (nSPS) is 10.2. The number of benzene rings is 1. The smallest absolute Gasteiger partial charge is 0.329 e. The van der Waals surface area contributed by atoms with E-state index in [0.717, 1.165) is 17.4 Å². The second kappa shape index (κ2) is 5.70. The van der Waals surface area contributed by atoms with Gasteiger partial charge in [0.05, 0.1) is 7.11 Å². The largest absolute Gasteiger partial charge is 0.497 e. The number of aliphatic carboxylic acids is 1. The first-order chi connectivity index (χ1) is 7.22. The van der Waals surface area contributed by atoms with Crippen molar-refractivity contribution in [2.24, 2.45) is 0 Å². The van der Waals surface area contributed by atoms with E-state index in [-0.39, 0.29) is 0 Å². The molecule has 0 aliphatic rings. The minimum atomic E-state index is -0.961. The van der Waals surface area contributed by atoms with Gasteiger partial charge in [0, 0.05) is 18.8 Å². The summed E-state index contributed by atoms with van der Waals surface area (Å²) in [5, 5.41) is 11.2. The maximum Gasteiger partial charge on any atom is 0.329 e. The highest BCUT2D eigenvalue weighted by atomic mass is 16.5. The highest BCUT2D eigenvalue weighted by Gasteiger charge is 1.92. The number of rotatable bonds is 5. The van der Waals surface area contributed by atoms with Crippen molar-refractivity contribution in [1.29, 1.82) is 0 Å². The number of carboxylic acid groups (broad SMARTS) is 1. The van der Waals surface area contributed by atoms with Crippen molar-refractivity contribution in [3.8, 4) is 5.75 Å². The minimum absolute atomic E-state index is 0.591. The minimum Gasteiger partial charge on any atom is -0.497 e. The lowest BCUT2D eigenvalue weighted by Gasteiger charge is -2.02. The quantitative estimate of drug-likeness (QED) is 0.716. The maximum atomic E-state index is 10.2. The van der Waals surface area contributed by atoms with Crippen molar-refractivity contribution < 1.29 is 14.6 Å². The molecule has 4 nitrogen and oxygen atoms in total. The SMILES string of the molecule is COc1ccc(CNC=CC(=O)O)cc1. The highest BCUT2D eigenvalue weighted by Crippen LogP contribution is 2.10. The Hall–Kier alpha value is -1.97. The Balaban J connectivity index is 2.41. The molecule has 0 amide bonds. The Kier molecular flexibility index (Phi) is 4.22. The molecule has 0 atom stereocenters. The van der Waals surface area contributed by atoms with Crippen molar-refractivity contribution >= 4 is 5.97 Å². The summed E-state index contributed by atoms with van der Waals surface area (Å²) in [5.41, 5.74) is 1.06. The van der Waals surface area contributed by atoms with Crippen LogP contribution in [0, 0.1) is 0 Å². The van der Waals surface area contributed by atoms with Gasteiger partial charge in [-0.1, -0.05) is 12.1 Å². The predicted octanol–water partition coefficient (Wildman–Crippen LogP) is 1.38. The summed E-state index contributed by atoms with van der Waals surface area (Å²) in [6, 6.07) is 7.55. The van der Waals surface area contributed by atoms with Gasteiger partial charge in [0.2, 0.25) is 0 Å². The first-order valence-electron chi connectivity index (χ1n) is 4.48. The predicted molar refractivity (Wildman–Crippen MR) is 56.6 cm³/mol. The van der Waals surface area contributed by atoms with E-state index in [2.05, 4.69) is 5.32 Å². The molecule has 0 saturated heterocycles. The Morgan fingerprint density at radius 1 is 1.47 bits per heavy atom. The van der Waals surface area contributed by atoms with Gasteiger partial charge in [0.15, 0.2) is 0 Å². The van der Waals surface area contributed by atoms with E-state index in [4.69, 9.17) is 9.84 Å². The summed E-state index contributed by atoms with van der Waals surface area (Å²) in [5.74, 6) is -0.156. The topological polar surface area (TPSA) is 58.6 Å². The zero-order valence-corrected chi connectivity index (χ0v) is 8.43. The van der Waals surface area contributed by atoms with Gasteiger partial charge in [-0.15, -0.1) is 0 Å². The standard InChI is InChI=1S/C11H13NO3/c1-15-10-4-2-9(3-5-10)8-12-7-6-11(13)14/h2-7,12H,8H2,1H3,(H,13,14). The second-order valence-corrected chi connectivity index (χ2v) is 2.90. The third kappa shape index (κ3) is 4.17. The third-order valence-electron chi connectivity index (χ3n) is 1.81. The fraction of sp³-hybridized carbons (Fsp3) is 0.182. The summed E-state index contributed by atoms with van der Waals surface area (Å²) >= 11 is 0. The maximum absolute atomic E-state index is 10.2. The molecule has 0 aliphatic carbocycles. The molecule has 1 aromatic rings. The Bertz CT molecular complexity index is 343. The molecule has 0 spiro atoms. The van der Waals surface area contributed by atoms with Crippen molar-refractivity contribution in [2.75, 3.05) is 7.11 Å². The van der Waals surface area contributed by atoms with Crippen LogP contribution >= 0.6 is 0 Å². The van der Waals surface area contributed by atoms with Gasteiger partial charge in [0.25, 0.3) is 0 Å². The van der Waals surface area contributed by atoms with Crippen LogP contribution in [0.1, 0.15) is 5.56 Å². The van der Waals surface area contributed by atoms with Gasteiger partial charge in [-0.3, -0.25) is 0 Å². The average molecular weight is 207 g/mol. The number of methoxy groups -OCH3 is 1. The second-order valence-electron chi connectivity index (χ2n) is 2.90. The molecule has 0 heterocycles. The van der Waals surface area contributed by atoms with Gasteiger partial charge >= 0.3 is 5.97 Å². The van der Waals surface area contributed by atoms with Gasteiger partial charge in [-0.05, 0) is 17.7 Å². The highest BCUT2D eigenvalue weighted by molar-refractivity contribution is 5.79. The van der Waals surface area contributed by atoms with Crippen molar-refractivity contribution in [3.63, 3.8) is 0 Å². The van der Waals surface area contributed by atoms with Crippen LogP contribution in [0.25, 0.3) is 0 Å². The lowest BCUT2D eigenvalue weighted by molar-refractivity contribution is -0.131. The van der Waals surface area contributed by atoms with Crippen LogP contribution in [0.3, 0.4) is 0 Å². The number of carboxylic acids is 1.